The van der Waals surface area contributed by atoms with Gasteiger partial charge < -0.3 is 10.1 Å². The molecule has 2 bridgehead atoms. The molecule has 0 aromatic rings. The van der Waals surface area contributed by atoms with E-state index in [4.69, 9.17) is 4.74 Å². The van der Waals surface area contributed by atoms with E-state index >= 15 is 0 Å². The van der Waals surface area contributed by atoms with Crippen molar-refractivity contribution in [2.45, 2.75) is 57.6 Å². The number of piperidine rings is 2. The number of fused-ring (bicyclic) bond motifs is 3. The van der Waals surface area contributed by atoms with Crippen molar-refractivity contribution in [2.75, 3.05) is 6.54 Å². The Hall–Kier alpha value is -0.570. The minimum atomic E-state index is -0.373. The first-order valence-electron chi connectivity index (χ1n) is 5.90. The summed E-state index contributed by atoms with van der Waals surface area (Å²) in [5, 5.41) is 3.38. The molecule has 0 aromatic carbocycles. The summed E-state index contributed by atoms with van der Waals surface area (Å²) < 4.78 is 5.49. The van der Waals surface area contributed by atoms with Gasteiger partial charge in [0.2, 0.25) is 0 Å². The molecule has 0 unspecified atom stereocenters. The first kappa shape index (κ1) is 10.9. The summed E-state index contributed by atoms with van der Waals surface area (Å²) in [6, 6.07) is 0. The van der Waals surface area contributed by atoms with Crippen LogP contribution in [0, 0.1) is 5.92 Å². The van der Waals surface area contributed by atoms with Crippen LogP contribution in [0.5, 0.6) is 0 Å². The molecule has 3 heteroatoms. The van der Waals surface area contributed by atoms with Gasteiger partial charge in [-0.1, -0.05) is 0 Å². The van der Waals surface area contributed by atoms with E-state index in [0.29, 0.717) is 0 Å². The van der Waals surface area contributed by atoms with Gasteiger partial charge in [0.05, 0.1) is 0 Å². The highest BCUT2D eigenvalue weighted by Crippen LogP contribution is 2.38. The molecule has 0 spiro atoms. The van der Waals surface area contributed by atoms with Crippen LogP contribution in [0.4, 0.5) is 0 Å². The van der Waals surface area contributed by atoms with Crippen molar-refractivity contribution in [3.05, 3.63) is 0 Å². The molecular formula is C12H21NO2. The monoisotopic (exact) mass is 211 g/mol. The Labute approximate surface area is 91.6 Å². The molecule has 86 valence electrons. The van der Waals surface area contributed by atoms with Gasteiger partial charge in [-0.05, 0) is 58.9 Å². The lowest BCUT2D eigenvalue weighted by Crippen LogP contribution is -2.61. The normalized spacial score (nSPS) is 35.3. The van der Waals surface area contributed by atoms with Crippen LogP contribution in [0.1, 0.15) is 46.5 Å². The molecule has 0 amide bonds. The number of hydrogen-bond donors (Lipinski definition) is 1. The molecule has 15 heavy (non-hydrogen) atoms. The summed E-state index contributed by atoms with van der Waals surface area (Å²) in [7, 11) is 0. The van der Waals surface area contributed by atoms with Crippen LogP contribution in [0.25, 0.3) is 0 Å². The Kier molecular flexibility index (Phi) is 2.53. The van der Waals surface area contributed by atoms with Crippen molar-refractivity contribution in [1.82, 2.24) is 5.32 Å². The van der Waals surface area contributed by atoms with Gasteiger partial charge in [0.15, 0.2) is 0 Å². The van der Waals surface area contributed by atoms with Gasteiger partial charge in [-0.3, -0.25) is 4.79 Å². The summed E-state index contributed by atoms with van der Waals surface area (Å²) in [6.45, 7) is 6.77. The molecule has 3 fully saturated rings. The van der Waals surface area contributed by atoms with Crippen LogP contribution >= 0.6 is 0 Å². The Morgan fingerprint density at radius 2 is 1.93 bits per heavy atom. The van der Waals surface area contributed by atoms with Gasteiger partial charge >= 0.3 is 5.97 Å². The fourth-order valence-electron chi connectivity index (χ4n) is 2.54. The lowest BCUT2D eigenvalue weighted by atomic mass is 9.72. The van der Waals surface area contributed by atoms with E-state index in [1.54, 1.807) is 0 Å². The number of carbonyl (C=O) groups excluding carboxylic acids is 1. The standard InChI is InChI=1S/C12H21NO2/c1-11(2,3)15-10(14)12-6-4-9(5-7-12)8-13-12/h9,13H,4-8H2,1-3H3. The first-order valence-corrected chi connectivity index (χ1v) is 5.90. The summed E-state index contributed by atoms with van der Waals surface area (Å²) in [6.07, 6.45) is 4.25. The smallest absolute Gasteiger partial charge is 0.326 e. The second kappa shape index (κ2) is 3.48. The summed E-state index contributed by atoms with van der Waals surface area (Å²) >= 11 is 0. The fourth-order valence-corrected chi connectivity index (χ4v) is 2.54. The molecule has 0 atom stereocenters. The van der Waals surface area contributed by atoms with Crippen LogP contribution < -0.4 is 5.32 Å². The van der Waals surface area contributed by atoms with E-state index in [1.807, 2.05) is 20.8 Å². The number of nitrogens with one attached hydrogen (secondary N) is 1. The minimum absolute atomic E-state index is 0.0480. The Morgan fingerprint density at radius 3 is 2.33 bits per heavy atom. The second-order valence-corrected chi connectivity index (χ2v) is 5.91. The molecule has 1 N–H and O–H groups in total. The van der Waals surface area contributed by atoms with Crippen molar-refractivity contribution in [2.24, 2.45) is 5.92 Å². The molecule has 2 heterocycles. The zero-order chi connectivity index (χ0) is 11.1. The van der Waals surface area contributed by atoms with Crippen LogP contribution in [0.15, 0.2) is 0 Å². The molecule has 3 nitrogen and oxygen atoms in total. The Bertz CT molecular complexity index is 246. The molecule has 2 aliphatic heterocycles. The van der Waals surface area contributed by atoms with Crippen molar-refractivity contribution < 1.29 is 9.53 Å². The summed E-state index contributed by atoms with van der Waals surface area (Å²) in [5.41, 5.74) is -0.732. The van der Waals surface area contributed by atoms with E-state index in [-0.39, 0.29) is 17.1 Å². The highest BCUT2D eigenvalue weighted by molar-refractivity contribution is 5.81. The largest absolute Gasteiger partial charge is 0.459 e. The fraction of sp³-hybridized carbons (Fsp3) is 0.917. The first-order chi connectivity index (χ1) is 6.91. The van der Waals surface area contributed by atoms with Crippen molar-refractivity contribution >= 4 is 5.97 Å². The third kappa shape index (κ3) is 2.17. The van der Waals surface area contributed by atoms with Crippen molar-refractivity contribution in [1.29, 1.82) is 0 Å². The van der Waals surface area contributed by atoms with Crippen molar-refractivity contribution in [3.63, 3.8) is 0 Å². The van der Waals surface area contributed by atoms with Gasteiger partial charge in [-0.2, -0.15) is 0 Å². The van der Waals surface area contributed by atoms with E-state index in [1.165, 1.54) is 12.8 Å². The maximum absolute atomic E-state index is 12.1. The van der Waals surface area contributed by atoms with E-state index in [0.717, 1.165) is 25.3 Å². The average Bonchev–Trinajstić information content (AvgIpc) is 2.18. The molecule has 0 aromatic heterocycles. The third-order valence-electron chi connectivity index (χ3n) is 3.48. The van der Waals surface area contributed by atoms with Gasteiger partial charge in [0.1, 0.15) is 11.1 Å². The van der Waals surface area contributed by atoms with Gasteiger partial charge in [-0.15, -0.1) is 0 Å². The predicted octanol–water partition coefficient (Wildman–Crippen LogP) is 1.86. The Balaban J connectivity index is 2.05. The molecule has 1 saturated carbocycles. The zero-order valence-electron chi connectivity index (χ0n) is 9.93. The van der Waals surface area contributed by atoms with Crippen molar-refractivity contribution in [3.8, 4) is 0 Å². The SMILES string of the molecule is CC(C)(C)OC(=O)C12CCC(CC1)CN2. The lowest BCUT2D eigenvalue weighted by molar-refractivity contribution is -0.167. The van der Waals surface area contributed by atoms with Crippen LogP contribution in [0.3, 0.4) is 0 Å². The molecule has 1 aliphatic carbocycles. The summed E-state index contributed by atoms with van der Waals surface area (Å²) in [5.74, 6) is 0.738. The second-order valence-electron chi connectivity index (χ2n) is 5.91. The van der Waals surface area contributed by atoms with E-state index in [9.17, 15) is 4.79 Å². The highest BCUT2D eigenvalue weighted by atomic mass is 16.6. The molecule has 2 saturated heterocycles. The number of ether oxygens (including phenoxy) is 1. The maximum Gasteiger partial charge on any atom is 0.326 e. The third-order valence-corrected chi connectivity index (χ3v) is 3.48. The lowest BCUT2D eigenvalue weighted by Gasteiger charge is -2.46. The minimum Gasteiger partial charge on any atom is -0.459 e. The molecule has 0 radical (unpaired) electrons. The number of rotatable bonds is 1. The van der Waals surface area contributed by atoms with Gasteiger partial charge in [0, 0.05) is 0 Å². The quantitative estimate of drug-likeness (QED) is 0.673. The van der Waals surface area contributed by atoms with Gasteiger partial charge in [-0.25, -0.2) is 0 Å². The zero-order valence-corrected chi connectivity index (χ0v) is 9.93. The number of carbonyl (C=O) groups is 1. The summed E-state index contributed by atoms with van der Waals surface area (Å²) in [4.78, 5) is 12.1. The highest BCUT2D eigenvalue weighted by Gasteiger charge is 2.47. The molecule has 3 aliphatic rings. The Morgan fingerprint density at radius 1 is 1.33 bits per heavy atom. The topological polar surface area (TPSA) is 38.3 Å². The number of esters is 1. The van der Waals surface area contributed by atoms with E-state index < -0.39 is 0 Å². The predicted molar refractivity (Wildman–Crippen MR) is 58.5 cm³/mol. The van der Waals surface area contributed by atoms with Gasteiger partial charge in [0.25, 0.3) is 0 Å². The van der Waals surface area contributed by atoms with E-state index in [2.05, 4.69) is 5.32 Å². The van der Waals surface area contributed by atoms with Crippen LogP contribution in [-0.2, 0) is 9.53 Å². The molecule has 3 rings (SSSR count). The van der Waals surface area contributed by atoms with Crippen LogP contribution in [0.2, 0.25) is 0 Å². The average molecular weight is 211 g/mol. The maximum atomic E-state index is 12.1. The molecular weight excluding hydrogens is 190 g/mol. The van der Waals surface area contributed by atoms with Crippen LogP contribution in [-0.4, -0.2) is 23.7 Å². The number of hydrogen-bond acceptors (Lipinski definition) is 3.